The van der Waals surface area contributed by atoms with Gasteiger partial charge in [0, 0.05) is 25.0 Å². The zero-order chi connectivity index (χ0) is 10.7. The molecule has 4 nitrogen and oxygen atoms in total. The molecule has 0 saturated carbocycles. The number of hydrogen-bond acceptors (Lipinski definition) is 4. The van der Waals surface area contributed by atoms with Crippen LogP contribution in [-0.4, -0.2) is 22.2 Å². The molecule has 0 aliphatic carbocycles. The van der Waals surface area contributed by atoms with Crippen molar-refractivity contribution in [2.45, 2.75) is 6.92 Å². The highest BCUT2D eigenvalue weighted by Gasteiger charge is 2.03. The number of aromatic nitrogens is 3. The van der Waals surface area contributed by atoms with Crippen LogP contribution < -0.4 is 5.32 Å². The third-order valence-corrected chi connectivity index (χ3v) is 2.20. The molecule has 2 aromatic heterocycles. The Bertz CT molecular complexity index is 453. The molecule has 2 aromatic rings. The van der Waals surface area contributed by atoms with Gasteiger partial charge in [-0.2, -0.15) is 0 Å². The fourth-order valence-corrected chi connectivity index (χ4v) is 1.40. The molecule has 0 aliphatic rings. The first-order valence-corrected chi connectivity index (χ1v) is 4.73. The van der Waals surface area contributed by atoms with Crippen LogP contribution in [0.2, 0.25) is 0 Å². The van der Waals surface area contributed by atoms with E-state index in [1.807, 2.05) is 32.2 Å². The van der Waals surface area contributed by atoms with Crippen molar-refractivity contribution in [2.75, 3.05) is 12.4 Å². The summed E-state index contributed by atoms with van der Waals surface area (Å²) in [5, 5.41) is 11.2. The van der Waals surface area contributed by atoms with Gasteiger partial charge >= 0.3 is 0 Å². The van der Waals surface area contributed by atoms with E-state index in [0.29, 0.717) is 0 Å². The molecular weight excluding hydrogens is 188 g/mol. The summed E-state index contributed by atoms with van der Waals surface area (Å²) in [7, 11) is 1.84. The minimum atomic E-state index is 0.813. The van der Waals surface area contributed by atoms with Crippen molar-refractivity contribution in [3.8, 4) is 11.3 Å². The van der Waals surface area contributed by atoms with Crippen molar-refractivity contribution in [3.63, 3.8) is 0 Å². The van der Waals surface area contributed by atoms with Crippen LogP contribution in [0.15, 0.2) is 30.6 Å². The Morgan fingerprint density at radius 3 is 2.47 bits per heavy atom. The summed E-state index contributed by atoms with van der Waals surface area (Å²) in [5.41, 5.74) is 2.98. The summed E-state index contributed by atoms with van der Waals surface area (Å²) < 4.78 is 0. The average molecular weight is 200 g/mol. The van der Waals surface area contributed by atoms with Crippen molar-refractivity contribution in [2.24, 2.45) is 0 Å². The molecule has 4 heteroatoms. The first-order valence-electron chi connectivity index (χ1n) is 4.73. The number of hydrogen-bond donors (Lipinski definition) is 1. The number of rotatable bonds is 2. The van der Waals surface area contributed by atoms with Gasteiger partial charge in [-0.25, -0.2) is 0 Å². The third kappa shape index (κ3) is 1.93. The lowest BCUT2D eigenvalue weighted by molar-refractivity contribution is 1.02. The largest absolute Gasteiger partial charge is 0.371 e. The lowest BCUT2D eigenvalue weighted by atomic mass is 10.1. The van der Waals surface area contributed by atoms with E-state index in [0.717, 1.165) is 22.6 Å². The Morgan fingerprint density at radius 1 is 1.13 bits per heavy atom. The molecule has 0 saturated heterocycles. The predicted octanol–water partition coefficient (Wildman–Crippen LogP) is 1.89. The smallest absolute Gasteiger partial charge is 0.151 e. The Balaban J connectivity index is 2.43. The molecule has 0 radical (unpaired) electrons. The molecule has 0 fully saturated rings. The summed E-state index contributed by atoms with van der Waals surface area (Å²) >= 11 is 0. The highest BCUT2D eigenvalue weighted by molar-refractivity contribution is 5.60. The van der Waals surface area contributed by atoms with Crippen LogP contribution in [0.5, 0.6) is 0 Å². The lowest BCUT2D eigenvalue weighted by Crippen LogP contribution is -1.98. The SMILES string of the molecule is CNc1nnc(-c2ccncc2)cc1C. The van der Waals surface area contributed by atoms with Gasteiger partial charge in [-0.1, -0.05) is 0 Å². The standard InChI is InChI=1S/C11H12N4/c1-8-7-10(14-15-11(8)12-2)9-3-5-13-6-4-9/h3-7H,1-2H3,(H,12,15). The Labute approximate surface area is 88.4 Å². The molecule has 0 spiro atoms. The average Bonchev–Trinajstić information content (AvgIpc) is 2.30. The quantitative estimate of drug-likeness (QED) is 0.804. The van der Waals surface area contributed by atoms with Gasteiger partial charge in [-0.05, 0) is 30.7 Å². The molecule has 0 aromatic carbocycles. The summed E-state index contributed by atoms with van der Waals surface area (Å²) in [5.74, 6) is 0.813. The number of anilines is 1. The normalized spacial score (nSPS) is 10.0. The topological polar surface area (TPSA) is 50.7 Å². The van der Waals surface area contributed by atoms with Crippen LogP contribution in [0.1, 0.15) is 5.56 Å². The van der Waals surface area contributed by atoms with Gasteiger partial charge in [0.05, 0.1) is 5.69 Å². The minimum absolute atomic E-state index is 0.813. The van der Waals surface area contributed by atoms with E-state index < -0.39 is 0 Å². The molecule has 2 rings (SSSR count). The van der Waals surface area contributed by atoms with Crippen LogP contribution in [0.25, 0.3) is 11.3 Å². The van der Waals surface area contributed by atoms with Crippen molar-refractivity contribution in [1.82, 2.24) is 15.2 Å². The molecule has 15 heavy (non-hydrogen) atoms. The molecule has 0 bridgehead atoms. The zero-order valence-electron chi connectivity index (χ0n) is 8.73. The zero-order valence-corrected chi connectivity index (χ0v) is 8.73. The van der Waals surface area contributed by atoms with Gasteiger partial charge in [-0.15, -0.1) is 10.2 Å². The molecule has 0 amide bonds. The molecule has 0 unspecified atom stereocenters. The van der Waals surface area contributed by atoms with Gasteiger partial charge < -0.3 is 5.32 Å². The third-order valence-electron chi connectivity index (χ3n) is 2.20. The summed E-state index contributed by atoms with van der Waals surface area (Å²) in [6.45, 7) is 2.01. The van der Waals surface area contributed by atoms with Crippen LogP contribution in [-0.2, 0) is 0 Å². The Kier molecular flexibility index (Phi) is 2.58. The fraction of sp³-hybridized carbons (Fsp3) is 0.182. The Morgan fingerprint density at radius 2 is 1.87 bits per heavy atom. The second-order valence-corrected chi connectivity index (χ2v) is 3.25. The summed E-state index contributed by atoms with van der Waals surface area (Å²) in [4.78, 5) is 3.97. The second kappa shape index (κ2) is 4.04. The van der Waals surface area contributed by atoms with E-state index in [-0.39, 0.29) is 0 Å². The first kappa shape index (κ1) is 9.58. The minimum Gasteiger partial charge on any atom is -0.371 e. The van der Waals surface area contributed by atoms with E-state index >= 15 is 0 Å². The van der Waals surface area contributed by atoms with E-state index in [2.05, 4.69) is 20.5 Å². The van der Waals surface area contributed by atoms with Crippen molar-refractivity contribution < 1.29 is 0 Å². The highest BCUT2D eigenvalue weighted by atomic mass is 15.2. The fourth-order valence-electron chi connectivity index (χ4n) is 1.40. The first-order chi connectivity index (χ1) is 7.31. The van der Waals surface area contributed by atoms with Gasteiger partial charge in [0.25, 0.3) is 0 Å². The van der Waals surface area contributed by atoms with Gasteiger partial charge in [0.15, 0.2) is 5.82 Å². The van der Waals surface area contributed by atoms with Crippen LogP contribution in [0.4, 0.5) is 5.82 Å². The molecular formula is C11H12N4. The number of nitrogens with zero attached hydrogens (tertiary/aromatic N) is 3. The van der Waals surface area contributed by atoms with Crippen molar-refractivity contribution >= 4 is 5.82 Å². The van der Waals surface area contributed by atoms with Crippen LogP contribution >= 0.6 is 0 Å². The van der Waals surface area contributed by atoms with E-state index in [4.69, 9.17) is 0 Å². The van der Waals surface area contributed by atoms with E-state index in [1.54, 1.807) is 12.4 Å². The van der Waals surface area contributed by atoms with Gasteiger partial charge in [-0.3, -0.25) is 4.98 Å². The monoisotopic (exact) mass is 200 g/mol. The number of pyridine rings is 1. The van der Waals surface area contributed by atoms with Crippen molar-refractivity contribution in [1.29, 1.82) is 0 Å². The molecule has 0 atom stereocenters. The molecule has 0 aliphatic heterocycles. The highest BCUT2D eigenvalue weighted by Crippen LogP contribution is 2.18. The lowest BCUT2D eigenvalue weighted by Gasteiger charge is -2.05. The maximum absolute atomic E-state index is 4.14. The molecule has 2 heterocycles. The van der Waals surface area contributed by atoms with Crippen LogP contribution in [0.3, 0.4) is 0 Å². The molecule has 76 valence electrons. The maximum atomic E-state index is 4.14. The number of nitrogens with one attached hydrogen (secondary N) is 1. The summed E-state index contributed by atoms with van der Waals surface area (Å²) in [6.07, 6.45) is 3.50. The molecule has 1 N–H and O–H groups in total. The number of aryl methyl sites for hydroxylation is 1. The predicted molar refractivity (Wildman–Crippen MR) is 59.5 cm³/mol. The van der Waals surface area contributed by atoms with Crippen LogP contribution in [0, 0.1) is 6.92 Å². The summed E-state index contributed by atoms with van der Waals surface area (Å²) in [6, 6.07) is 5.85. The maximum Gasteiger partial charge on any atom is 0.151 e. The van der Waals surface area contributed by atoms with Gasteiger partial charge in [0.2, 0.25) is 0 Å². The Hall–Kier alpha value is -1.97. The van der Waals surface area contributed by atoms with Crippen molar-refractivity contribution in [3.05, 3.63) is 36.2 Å². The van der Waals surface area contributed by atoms with E-state index in [9.17, 15) is 0 Å². The van der Waals surface area contributed by atoms with E-state index in [1.165, 1.54) is 0 Å². The van der Waals surface area contributed by atoms with Gasteiger partial charge in [0.1, 0.15) is 0 Å². The second-order valence-electron chi connectivity index (χ2n) is 3.25.